The molecule has 0 saturated carbocycles. The maximum atomic E-state index is 12.2. The van der Waals surface area contributed by atoms with E-state index in [4.69, 9.17) is 23.2 Å². The van der Waals surface area contributed by atoms with Gasteiger partial charge in [-0.1, -0.05) is 67.4 Å². The summed E-state index contributed by atoms with van der Waals surface area (Å²) in [5, 5.41) is 6.24. The molecule has 0 bridgehead atoms. The summed E-state index contributed by atoms with van der Waals surface area (Å²) in [5.74, 6) is 0.252. The summed E-state index contributed by atoms with van der Waals surface area (Å²) in [4.78, 5) is 16.7. The molecule has 1 atom stereocenters. The van der Waals surface area contributed by atoms with E-state index in [1.807, 2.05) is 5.38 Å². The van der Waals surface area contributed by atoms with Gasteiger partial charge in [0.15, 0.2) is 5.13 Å². The minimum absolute atomic E-state index is 0.288. The Hall–Kier alpha value is -2.14. The van der Waals surface area contributed by atoms with Crippen molar-refractivity contribution in [3.63, 3.8) is 0 Å². The number of benzene rings is 2. The average Bonchev–Trinajstić information content (AvgIpc) is 3.15. The van der Waals surface area contributed by atoms with E-state index in [1.165, 1.54) is 23.0 Å². The topological polar surface area (TPSA) is 42.0 Å². The fourth-order valence-electron chi connectivity index (χ4n) is 2.66. The second-order valence-electron chi connectivity index (χ2n) is 6.43. The molecule has 2 aromatic carbocycles. The van der Waals surface area contributed by atoms with E-state index >= 15 is 0 Å². The van der Waals surface area contributed by atoms with Gasteiger partial charge in [0.1, 0.15) is 0 Å². The second kappa shape index (κ2) is 9.37. The summed E-state index contributed by atoms with van der Waals surface area (Å²) < 4.78 is 0. The normalized spacial score (nSPS) is 12.3. The van der Waals surface area contributed by atoms with Crippen molar-refractivity contribution in [1.82, 2.24) is 4.98 Å². The maximum absolute atomic E-state index is 12.2. The fourth-order valence-corrected chi connectivity index (χ4v) is 3.90. The molecule has 3 nitrogen and oxygen atoms in total. The lowest BCUT2D eigenvalue weighted by Gasteiger charge is -2.08. The van der Waals surface area contributed by atoms with E-state index in [0.717, 1.165) is 17.7 Å². The van der Waals surface area contributed by atoms with Crippen LogP contribution in [0.5, 0.6) is 0 Å². The van der Waals surface area contributed by atoms with Crippen LogP contribution in [0.25, 0.3) is 17.3 Å². The number of aromatic nitrogens is 1. The first-order valence-electron chi connectivity index (χ1n) is 8.97. The second-order valence-corrected chi connectivity index (χ2v) is 8.10. The Kier molecular flexibility index (Phi) is 6.89. The van der Waals surface area contributed by atoms with Gasteiger partial charge in [-0.2, -0.15) is 0 Å². The molecule has 6 heteroatoms. The minimum Gasteiger partial charge on any atom is -0.298 e. The van der Waals surface area contributed by atoms with Gasteiger partial charge in [0.05, 0.1) is 5.69 Å². The molecule has 1 unspecified atom stereocenters. The molecule has 0 fully saturated rings. The number of thiazole rings is 1. The smallest absolute Gasteiger partial charge is 0.250 e. The van der Waals surface area contributed by atoms with Crippen molar-refractivity contribution in [3.05, 3.63) is 75.1 Å². The Morgan fingerprint density at radius 1 is 1.18 bits per heavy atom. The molecular formula is C22H20Cl2N2OS. The first-order chi connectivity index (χ1) is 13.5. The molecule has 3 aromatic rings. The number of nitrogens with one attached hydrogen (secondary N) is 1. The van der Waals surface area contributed by atoms with E-state index in [-0.39, 0.29) is 5.91 Å². The maximum Gasteiger partial charge on any atom is 0.250 e. The van der Waals surface area contributed by atoms with Gasteiger partial charge in [-0.3, -0.25) is 10.1 Å². The molecule has 1 heterocycles. The molecule has 0 radical (unpaired) electrons. The predicted octanol–water partition coefficient (Wildman–Crippen LogP) is 7.28. The zero-order valence-electron chi connectivity index (χ0n) is 15.6. The third-order valence-corrected chi connectivity index (χ3v) is 5.94. The summed E-state index contributed by atoms with van der Waals surface area (Å²) >= 11 is 13.6. The zero-order chi connectivity index (χ0) is 20.1. The van der Waals surface area contributed by atoms with Crippen molar-refractivity contribution < 1.29 is 4.79 Å². The Morgan fingerprint density at radius 3 is 2.50 bits per heavy atom. The largest absolute Gasteiger partial charge is 0.298 e. The molecule has 28 heavy (non-hydrogen) atoms. The van der Waals surface area contributed by atoms with E-state index in [0.29, 0.717) is 26.7 Å². The molecule has 0 aliphatic rings. The van der Waals surface area contributed by atoms with Crippen LogP contribution in [0.15, 0.2) is 53.9 Å². The van der Waals surface area contributed by atoms with Gasteiger partial charge in [0, 0.05) is 32.6 Å². The number of hydrogen-bond acceptors (Lipinski definition) is 3. The first-order valence-corrected chi connectivity index (χ1v) is 10.6. The molecule has 1 amide bonds. The minimum atomic E-state index is -0.288. The van der Waals surface area contributed by atoms with E-state index in [2.05, 4.69) is 48.4 Å². The number of nitrogens with zero attached hydrogens (tertiary/aromatic N) is 1. The third kappa shape index (κ3) is 5.02. The zero-order valence-corrected chi connectivity index (χ0v) is 17.9. The summed E-state index contributed by atoms with van der Waals surface area (Å²) in [6.45, 7) is 4.40. The average molecular weight is 431 g/mol. The Labute approximate surface area is 179 Å². The van der Waals surface area contributed by atoms with E-state index in [1.54, 1.807) is 24.3 Å². The van der Waals surface area contributed by atoms with Gasteiger partial charge >= 0.3 is 0 Å². The highest BCUT2D eigenvalue weighted by Crippen LogP contribution is 2.28. The molecule has 1 aromatic heterocycles. The van der Waals surface area contributed by atoms with Crippen LogP contribution in [0.4, 0.5) is 5.13 Å². The standard InChI is InChI=1S/C22H20Cl2N2OS/c1-3-14(2)15-7-9-16(10-8-15)20-13-28-22(25-20)26-21(27)12-11-17-18(23)5-4-6-19(17)24/h4-14H,3H2,1-2H3,(H,25,26,27). The highest BCUT2D eigenvalue weighted by molar-refractivity contribution is 7.14. The molecule has 0 aliphatic carbocycles. The van der Waals surface area contributed by atoms with Crippen molar-refractivity contribution in [2.45, 2.75) is 26.2 Å². The SMILES string of the molecule is CCC(C)c1ccc(-c2csc(NC(=O)C=Cc3c(Cl)cccc3Cl)n2)cc1. The Bertz CT molecular complexity index is 976. The van der Waals surface area contributed by atoms with Crippen molar-refractivity contribution in [3.8, 4) is 11.3 Å². The van der Waals surface area contributed by atoms with Crippen LogP contribution in [0, 0.1) is 0 Å². The lowest BCUT2D eigenvalue weighted by Crippen LogP contribution is -2.07. The third-order valence-electron chi connectivity index (χ3n) is 4.52. The van der Waals surface area contributed by atoms with Gasteiger partial charge in [0.2, 0.25) is 5.91 Å². The van der Waals surface area contributed by atoms with Gasteiger partial charge in [-0.25, -0.2) is 4.98 Å². The van der Waals surface area contributed by atoms with Crippen LogP contribution in [-0.4, -0.2) is 10.9 Å². The van der Waals surface area contributed by atoms with Crippen LogP contribution >= 0.6 is 34.5 Å². The number of rotatable bonds is 6. The Balaban J connectivity index is 1.67. The van der Waals surface area contributed by atoms with Crippen LogP contribution in [0.3, 0.4) is 0 Å². The highest BCUT2D eigenvalue weighted by Gasteiger charge is 2.09. The number of halogens is 2. The van der Waals surface area contributed by atoms with Gasteiger partial charge in [0.25, 0.3) is 0 Å². The Morgan fingerprint density at radius 2 is 1.86 bits per heavy atom. The van der Waals surface area contributed by atoms with Crippen molar-refractivity contribution in [1.29, 1.82) is 0 Å². The number of amides is 1. The number of hydrogen-bond donors (Lipinski definition) is 1. The lowest BCUT2D eigenvalue weighted by atomic mass is 9.97. The van der Waals surface area contributed by atoms with Crippen molar-refractivity contribution >= 4 is 51.7 Å². The number of carbonyl (C=O) groups excluding carboxylic acids is 1. The molecule has 0 spiro atoms. The summed E-state index contributed by atoms with van der Waals surface area (Å²) in [5.41, 5.74) is 3.80. The van der Waals surface area contributed by atoms with Gasteiger partial charge in [-0.05, 0) is 36.1 Å². The summed E-state index contributed by atoms with van der Waals surface area (Å²) in [7, 11) is 0. The van der Waals surface area contributed by atoms with Crippen LogP contribution < -0.4 is 5.32 Å². The number of carbonyl (C=O) groups is 1. The van der Waals surface area contributed by atoms with E-state index in [9.17, 15) is 4.79 Å². The summed E-state index contributed by atoms with van der Waals surface area (Å²) in [6.07, 6.45) is 4.11. The lowest BCUT2D eigenvalue weighted by molar-refractivity contribution is -0.111. The number of anilines is 1. The highest BCUT2D eigenvalue weighted by atomic mass is 35.5. The van der Waals surface area contributed by atoms with Crippen molar-refractivity contribution in [2.75, 3.05) is 5.32 Å². The van der Waals surface area contributed by atoms with Crippen LogP contribution in [0.2, 0.25) is 10.0 Å². The van der Waals surface area contributed by atoms with Crippen molar-refractivity contribution in [2.24, 2.45) is 0 Å². The van der Waals surface area contributed by atoms with E-state index < -0.39 is 0 Å². The monoisotopic (exact) mass is 430 g/mol. The molecular weight excluding hydrogens is 411 g/mol. The molecule has 144 valence electrons. The summed E-state index contributed by atoms with van der Waals surface area (Å²) in [6, 6.07) is 13.6. The fraction of sp³-hybridized carbons (Fsp3) is 0.182. The quantitative estimate of drug-likeness (QED) is 0.417. The molecule has 1 N–H and O–H groups in total. The van der Waals surface area contributed by atoms with Gasteiger partial charge in [-0.15, -0.1) is 11.3 Å². The first kappa shape index (κ1) is 20.6. The molecule has 0 aliphatic heterocycles. The van der Waals surface area contributed by atoms with Crippen LogP contribution in [-0.2, 0) is 4.79 Å². The van der Waals surface area contributed by atoms with Crippen LogP contribution in [0.1, 0.15) is 37.3 Å². The van der Waals surface area contributed by atoms with Gasteiger partial charge < -0.3 is 0 Å². The molecule has 3 rings (SSSR count). The molecule has 0 saturated heterocycles. The predicted molar refractivity (Wildman–Crippen MR) is 120 cm³/mol.